The van der Waals surface area contributed by atoms with Gasteiger partial charge in [0.2, 0.25) is 5.91 Å². The topological polar surface area (TPSA) is 40.5 Å². The third-order valence-electron chi connectivity index (χ3n) is 5.69. The van der Waals surface area contributed by atoms with Crippen molar-refractivity contribution in [2.75, 3.05) is 13.1 Å². The molecule has 2 atom stereocenters. The van der Waals surface area contributed by atoms with Crippen LogP contribution in [0.15, 0.2) is 24.3 Å². The van der Waals surface area contributed by atoms with Gasteiger partial charge in [-0.25, -0.2) is 0 Å². The maximum Gasteiger partial charge on any atom is 0.233 e. The van der Waals surface area contributed by atoms with Gasteiger partial charge in [-0.3, -0.25) is 4.79 Å². The minimum atomic E-state index is -0.420. The minimum Gasteiger partial charge on any atom is -0.393 e. The van der Waals surface area contributed by atoms with Crippen molar-refractivity contribution in [1.29, 1.82) is 0 Å². The summed E-state index contributed by atoms with van der Waals surface area (Å²) >= 11 is 6.20. The van der Waals surface area contributed by atoms with Crippen LogP contribution in [0.3, 0.4) is 0 Å². The lowest BCUT2D eigenvalue weighted by atomic mass is 9.68. The Balaban J connectivity index is 1.89. The molecule has 1 aliphatic carbocycles. The van der Waals surface area contributed by atoms with E-state index in [0.29, 0.717) is 11.6 Å². The Bertz CT molecular complexity index is 566. The minimum absolute atomic E-state index is 0.207. The van der Waals surface area contributed by atoms with E-state index in [2.05, 4.69) is 6.07 Å². The average Bonchev–Trinajstić information content (AvgIpc) is 3.05. The molecule has 3 rings (SSSR count). The first-order chi connectivity index (χ1) is 11.0. The van der Waals surface area contributed by atoms with Gasteiger partial charge >= 0.3 is 0 Å². The van der Waals surface area contributed by atoms with Gasteiger partial charge in [0.05, 0.1) is 11.5 Å². The summed E-state index contributed by atoms with van der Waals surface area (Å²) in [6.07, 6.45) is 5.74. The number of amides is 1. The molecule has 1 saturated heterocycles. The zero-order valence-corrected chi connectivity index (χ0v) is 14.6. The molecule has 1 aromatic rings. The summed E-state index contributed by atoms with van der Waals surface area (Å²) in [5.41, 5.74) is 0.645. The lowest BCUT2D eigenvalue weighted by Gasteiger charge is -2.39. The summed E-state index contributed by atoms with van der Waals surface area (Å²) in [5, 5.41) is 10.5. The molecule has 1 aliphatic heterocycles. The lowest BCUT2D eigenvalue weighted by molar-refractivity contribution is -0.138. The van der Waals surface area contributed by atoms with Gasteiger partial charge in [-0.1, -0.05) is 43.0 Å². The van der Waals surface area contributed by atoms with Crippen molar-refractivity contribution in [3.8, 4) is 0 Å². The molecule has 1 saturated carbocycles. The van der Waals surface area contributed by atoms with E-state index in [1.807, 2.05) is 30.0 Å². The van der Waals surface area contributed by atoms with Crippen molar-refractivity contribution in [2.45, 2.75) is 57.0 Å². The predicted molar refractivity (Wildman–Crippen MR) is 92.6 cm³/mol. The van der Waals surface area contributed by atoms with Crippen LogP contribution in [0.4, 0.5) is 0 Å². The largest absolute Gasteiger partial charge is 0.393 e. The summed E-state index contributed by atoms with van der Waals surface area (Å²) in [5.74, 6) is 0.446. The van der Waals surface area contributed by atoms with Crippen LogP contribution in [-0.2, 0) is 10.2 Å². The maximum atomic E-state index is 13.4. The molecule has 1 heterocycles. The fraction of sp³-hybridized carbons (Fsp3) is 0.632. The van der Waals surface area contributed by atoms with Crippen LogP contribution < -0.4 is 0 Å². The number of carbonyl (C=O) groups is 1. The van der Waals surface area contributed by atoms with Gasteiger partial charge in [0.25, 0.3) is 0 Å². The molecule has 126 valence electrons. The number of aliphatic hydroxyl groups excluding tert-OH is 1. The highest BCUT2D eigenvalue weighted by molar-refractivity contribution is 6.30. The molecule has 2 unspecified atom stereocenters. The average molecular weight is 336 g/mol. The van der Waals surface area contributed by atoms with Gasteiger partial charge in [-0.15, -0.1) is 0 Å². The van der Waals surface area contributed by atoms with Crippen LogP contribution in [0.1, 0.15) is 51.0 Å². The van der Waals surface area contributed by atoms with E-state index in [1.165, 1.54) is 6.42 Å². The molecule has 1 amide bonds. The third kappa shape index (κ3) is 3.27. The number of carbonyl (C=O) groups excluding carboxylic acids is 1. The molecule has 23 heavy (non-hydrogen) atoms. The van der Waals surface area contributed by atoms with E-state index in [-0.39, 0.29) is 17.9 Å². The highest BCUT2D eigenvalue weighted by Crippen LogP contribution is 2.42. The highest BCUT2D eigenvalue weighted by atomic mass is 35.5. The number of hydrogen-bond donors (Lipinski definition) is 1. The molecule has 2 fully saturated rings. The van der Waals surface area contributed by atoms with Crippen molar-refractivity contribution >= 4 is 17.5 Å². The Morgan fingerprint density at radius 3 is 2.70 bits per heavy atom. The predicted octanol–water partition coefficient (Wildman–Crippen LogP) is 3.77. The molecule has 1 aromatic carbocycles. The second kappa shape index (κ2) is 6.82. The second-order valence-electron chi connectivity index (χ2n) is 7.19. The lowest BCUT2D eigenvalue weighted by Crippen LogP contribution is -2.47. The van der Waals surface area contributed by atoms with Crippen LogP contribution in [0.5, 0.6) is 0 Å². The molecular weight excluding hydrogens is 310 g/mol. The van der Waals surface area contributed by atoms with Gasteiger partial charge in [-0.05, 0) is 43.9 Å². The molecule has 4 heteroatoms. The van der Waals surface area contributed by atoms with Gasteiger partial charge < -0.3 is 10.0 Å². The zero-order valence-electron chi connectivity index (χ0n) is 13.8. The van der Waals surface area contributed by atoms with Gasteiger partial charge in [0.15, 0.2) is 0 Å². The van der Waals surface area contributed by atoms with E-state index >= 15 is 0 Å². The molecular formula is C19H26ClNO2. The molecule has 0 spiro atoms. The number of hydrogen-bond acceptors (Lipinski definition) is 2. The molecule has 0 radical (unpaired) electrons. The SMILES string of the molecule is CC(O)C1CCN(C(=O)C2(c3cccc(Cl)c3)CCCCC2)C1. The number of nitrogens with zero attached hydrogens (tertiary/aromatic N) is 1. The van der Waals surface area contributed by atoms with Gasteiger partial charge in [-0.2, -0.15) is 0 Å². The first kappa shape index (κ1) is 16.8. The van der Waals surface area contributed by atoms with Crippen LogP contribution >= 0.6 is 11.6 Å². The number of aliphatic hydroxyl groups is 1. The van der Waals surface area contributed by atoms with E-state index < -0.39 is 5.41 Å². The van der Waals surface area contributed by atoms with Crippen molar-refractivity contribution < 1.29 is 9.90 Å². The molecule has 2 aliphatic rings. The van der Waals surface area contributed by atoms with Crippen molar-refractivity contribution in [2.24, 2.45) is 5.92 Å². The van der Waals surface area contributed by atoms with Crippen LogP contribution in [0.2, 0.25) is 5.02 Å². The standard InChI is InChI=1S/C19H26ClNO2/c1-14(22)15-8-11-21(13-15)18(23)19(9-3-2-4-10-19)16-6-5-7-17(20)12-16/h5-7,12,14-15,22H,2-4,8-11,13H2,1H3. The number of benzene rings is 1. The molecule has 0 aromatic heterocycles. The summed E-state index contributed by atoms with van der Waals surface area (Å²) in [6, 6.07) is 7.83. The van der Waals surface area contributed by atoms with Crippen LogP contribution in [0.25, 0.3) is 0 Å². The summed E-state index contributed by atoms with van der Waals surface area (Å²) in [6.45, 7) is 3.27. The Kier molecular flexibility index (Phi) is 4.98. The van der Waals surface area contributed by atoms with Crippen molar-refractivity contribution in [3.63, 3.8) is 0 Å². The molecule has 3 nitrogen and oxygen atoms in total. The highest BCUT2D eigenvalue weighted by Gasteiger charge is 2.45. The quantitative estimate of drug-likeness (QED) is 0.913. The van der Waals surface area contributed by atoms with Crippen molar-refractivity contribution in [3.05, 3.63) is 34.9 Å². The fourth-order valence-electron chi connectivity index (χ4n) is 4.24. The smallest absolute Gasteiger partial charge is 0.233 e. The monoisotopic (exact) mass is 335 g/mol. The summed E-state index contributed by atoms with van der Waals surface area (Å²) < 4.78 is 0. The second-order valence-corrected chi connectivity index (χ2v) is 7.63. The summed E-state index contributed by atoms with van der Waals surface area (Å²) in [4.78, 5) is 15.4. The van der Waals surface area contributed by atoms with Gasteiger partial charge in [0.1, 0.15) is 0 Å². The number of rotatable bonds is 3. The Labute approximate surface area is 143 Å². The van der Waals surface area contributed by atoms with E-state index in [1.54, 1.807) is 0 Å². The number of halogens is 1. The van der Waals surface area contributed by atoms with Gasteiger partial charge in [0, 0.05) is 24.0 Å². The van der Waals surface area contributed by atoms with E-state index in [9.17, 15) is 9.90 Å². The Morgan fingerprint density at radius 2 is 2.09 bits per heavy atom. The first-order valence-electron chi connectivity index (χ1n) is 8.76. The zero-order chi connectivity index (χ0) is 16.4. The van der Waals surface area contributed by atoms with Crippen molar-refractivity contribution in [1.82, 2.24) is 4.90 Å². The molecule has 0 bridgehead atoms. The van der Waals surface area contributed by atoms with Crippen LogP contribution in [0, 0.1) is 5.92 Å². The Morgan fingerprint density at radius 1 is 1.35 bits per heavy atom. The summed E-state index contributed by atoms with van der Waals surface area (Å²) in [7, 11) is 0. The molecule has 1 N–H and O–H groups in total. The number of likely N-dealkylation sites (tertiary alicyclic amines) is 1. The van der Waals surface area contributed by atoms with Crippen LogP contribution in [-0.4, -0.2) is 35.1 Å². The Hall–Kier alpha value is -1.06. The normalized spacial score (nSPS) is 25.3. The third-order valence-corrected chi connectivity index (χ3v) is 5.92. The maximum absolute atomic E-state index is 13.4. The van der Waals surface area contributed by atoms with E-state index in [0.717, 1.165) is 44.2 Å². The fourth-order valence-corrected chi connectivity index (χ4v) is 4.43. The first-order valence-corrected chi connectivity index (χ1v) is 9.14. The van der Waals surface area contributed by atoms with E-state index in [4.69, 9.17) is 11.6 Å².